The Balaban J connectivity index is 2.58. The van der Waals surface area contributed by atoms with Crippen molar-refractivity contribution in [2.24, 2.45) is 11.7 Å². The summed E-state index contributed by atoms with van der Waals surface area (Å²) >= 11 is 0. The SMILES string of the molecule is CCNS(=O)(=O)N1CCC(C(C)N)C1. The average molecular weight is 221 g/mol. The van der Waals surface area contributed by atoms with E-state index in [1.165, 1.54) is 4.31 Å². The molecule has 2 atom stereocenters. The van der Waals surface area contributed by atoms with Crippen molar-refractivity contribution in [1.29, 1.82) is 0 Å². The Morgan fingerprint density at radius 2 is 2.29 bits per heavy atom. The quantitative estimate of drug-likeness (QED) is 0.672. The van der Waals surface area contributed by atoms with Crippen molar-refractivity contribution in [1.82, 2.24) is 9.03 Å². The van der Waals surface area contributed by atoms with E-state index in [1.807, 2.05) is 6.92 Å². The summed E-state index contributed by atoms with van der Waals surface area (Å²) < 4.78 is 27.1. The molecule has 2 unspecified atom stereocenters. The lowest BCUT2D eigenvalue weighted by Crippen LogP contribution is -2.40. The Morgan fingerprint density at radius 1 is 1.64 bits per heavy atom. The minimum Gasteiger partial charge on any atom is -0.328 e. The van der Waals surface area contributed by atoms with Crippen molar-refractivity contribution < 1.29 is 8.42 Å². The van der Waals surface area contributed by atoms with E-state index in [0.717, 1.165) is 6.42 Å². The first kappa shape index (κ1) is 11.9. The fraction of sp³-hybridized carbons (Fsp3) is 1.00. The van der Waals surface area contributed by atoms with E-state index in [-0.39, 0.29) is 6.04 Å². The maximum atomic E-state index is 11.6. The molecule has 0 radical (unpaired) electrons. The molecule has 14 heavy (non-hydrogen) atoms. The van der Waals surface area contributed by atoms with Crippen LogP contribution in [0.1, 0.15) is 20.3 Å². The van der Waals surface area contributed by atoms with Gasteiger partial charge in [-0.1, -0.05) is 6.92 Å². The van der Waals surface area contributed by atoms with Crippen LogP contribution in [-0.4, -0.2) is 38.4 Å². The van der Waals surface area contributed by atoms with Crippen LogP contribution >= 0.6 is 0 Å². The van der Waals surface area contributed by atoms with Gasteiger partial charge in [-0.2, -0.15) is 12.7 Å². The van der Waals surface area contributed by atoms with E-state index in [1.54, 1.807) is 6.92 Å². The van der Waals surface area contributed by atoms with Crippen LogP contribution in [0.5, 0.6) is 0 Å². The second-order valence-electron chi connectivity index (χ2n) is 3.77. The maximum Gasteiger partial charge on any atom is 0.279 e. The zero-order chi connectivity index (χ0) is 10.8. The van der Waals surface area contributed by atoms with Gasteiger partial charge in [0, 0.05) is 25.7 Å². The molecule has 3 N–H and O–H groups in total. The number of nitrogens with zero attached hydrogens (tertiary/aromatic N) is 1. The molecule has 1 fully saturated rings. The van der Waals surface area contributed by atoms with Crippen molar-refractivity contribution in [3.63, 3.8) is 0 Å². The largest absolute Gasteiger partial charge is 0.328 e. The smallest absolute Gasteiger partial charge is 0.279 e. The Labute approximate surface area is 85.8 Å². The first-order valence-electron chi connectivity index (χ1n) is 4.97. The van der Waals surface area contributed by atoms with E-state index in [0.29, 0.717) is 25.6 Å². The number of hydrogen-bond donors (Lipinski definition) is 2. The molecule has 1 rings (SSSR count). The fourth-order valence-electron chi connectivity index (χ4n) is 1.68. The molecular weight excluding hydrogens is 202 g/mol. The van der Waals surface area contributed by atoms with E-state index in [4.69, 9.17) is 5.73 Å². The lowest BCUT2D eigenvalue weighted by atomic mass is 10.0. The summed E-state index contributed by atoms with van der Waals surface area (Å²) in [7, 11) is -3.25. The first-order chi connectivity index (χ1) is 6.47. The predicted molar refractivity (Wildman–Crippen MR) is 55.9 cm³/mol. The van der Waals surface area contributed by atoms with E-state index >= 15 is 0 Å². The van der Waals surface area contributed by atoms with Crippen molar-refractivity contribution in [2.75, 3.05) is 19.6 Å². The van der Waals surface area contributed by atoms with Crippen LogP contribution in [0.25, 0.3) is 0 Å². The third-order valence-electron chi connectivity index (χ3n) is 2.60. The highest BCUT2D eigenvalue weighted by Gasteiger charge is 2.32. The number of nitrogens with two attached hydrogens (primary N) is 1. The molecule has 0 aromatic heterocycles. The van der Waals surface area contributed by atoms with Crippen LogP contribution in [0, 0.1) is 5.92 Å². The third-order valence-corrected chi connectivity index (χ3v) is 4.26. The topological polar surface area (TPSA) is 75.4 Å². The number of rotatable bonds is 4. The highest BCUT2D eigenvalue weighted by atomic mass is 32.2. The number of hydrogen-bond acceptors (Lipinski definition) is 3. The summed E-state index contributed by atoms with van der Waals surface area (Å²) in [6.07, 6.45) is 0.863. The van der Waals surface area contributed by atoms with Crippen molar-refractivity contribution in [2.45, 2.75) is 26.3 Å². The van der Waals surface area contributed by atoms with Gasteiger partial charge in [-0.25, -0.2) is 4.72 Å². The van der Waals surface area contributed by atoms with Gasteiger partial charge >= 0.3 is 0 Å². The highest BCUT2D eigenvalue weighted by Crippen LogP contribution is 2.20. The van der Waals surface area contributed by atoms with E-state index in [9.17, 15) is 8.42 Å². The summed E-state index contributed by atoms with van der Waals surface area (Å²) in [6.45, 7) is 5.26. The van der Waals surface area contributed by atoms with Gasteiger partial charge in [0.15, 0.2) is 0 Å². The van der Waals surface area contributed by atoms with Crippen LogP contribution < -0.4 is 10.5 Å². The molecule has 5 nitrogen and oxygen atoms in total. The molecule has 84 valence electrons. The van der Waals surface area contributed by atoms with Crippen molar-refractivity contribution in [3.8, 4) is 0 Å². The molecule has 1 aliphatic heterocycles. The third kappa shape index (κ3) is 2.66. The molecule has 1 heterocycles. The van der Waals surface area contributed by atoms with Gasteiger partial charge in [-0.3, -0.25) is 0 Å². The Bertz CT molecular complexity index is 276. The van der Waals surface area contributed by atoms with Gasteiger partial charge in [0.25, 0.3) is 10.2 Å². The van der Waals surface area contributed by atoms with Crippen LogP contribution in [0.3, 0.4) is 0 Å². The van der Waals surface area contributed by atoms with Crippen molar-refractivity contribution in [3.05, 3.63) is 0 Å². The summed E-state index contributed by atoms with van der Waals surface area (Å²) in [4.78, 5) is 0. The van der Waals surface area contributed by atoms with E-state index in [2.05, 4.69) is 4.72 Å². The molecule has 0 spiro atoms. The molecule has 1 saturated heterocycles. The highest BCUT2D eigenvalue weighted by molar-refractivity contribution is 7.87. The zero-order valence-electron chi connectivity index (χ0n) is 8.73. The van der Waals surface area contributed by atoms with Crippen LogP contribution in [0.2, 0.25) is 0 Å². The van der Waals surface area contributed by atoms with Gasteiger partial charge < -0.3 is 5.73 Å². The zero-order valence-corrected chi connectivity index (χ0v) is 9.55. The van der Waals surface area contributed by atoms with Crippen LogP contribution in [0.15, 0.2) is 0 Å². The van der Waals surface area contributed by atoms with Gasteiger partial charge in [-0.15, -0.1) is 0 Å². The van der Waals surface area contributed by atoms with Gasteiger partial charge in [-0.05, 0) is 19.3 Å². The predicted octanol–water partition coefficient (Wildman–Crippen LogP) is -0.490. The minimum atomic E-state index is -3.25. The molecule has 1 aliphatic rings. The van der Waals surface area contributed by atoms with Gasteiger partial charge in [0.05, 0.1) is 0 Å². The molecule has 0 amide bonds. The maximum absolute atomic E-state index is 11.6. The Hall–Kier alpha value is -0.170. The average Bonchev–Trinajstić information content (AvgIpc) is 2.51. The summed E-state index contributed by atoms with van der Waals surface area (Å²) in [5, 5.41) is 0. The summed E-state index contributed by atoms with van der Waals surface area (Å²) in [6, 6.07) is 0.0665. The summed E-state index contributed by atoms with van der Waals surface area (Å²) in [5.74, 6) is 0.295. The lowest BCUT2D eigenvalue weighted by molar-refractivity contribution is 0.424. The Kier molecular flexibility index (Phi) is 3.88. The van der Waals surface area contributed by atoms with Crippen molar-refractivity contribution >= 4 is 10.2 Å². The van der Waals surface area contributed by atoms with Gasteiger partial charge in [0.1, 0.15) is 0 Å². The molecule has 0 aliphatic carbocycles. The molecule has 6 heteroatoms. The normalized spacial score (nSPS) is 26.6. The lowest BCUT2D eigenvalue weighted by Gasteiger charge is -2.17. The second-order valence-corrected chi connectivity index (χ2v) is 5.52. The number of nitrogens with one attached hydrogen (secondary N) is 1. The van der Waals surface area contributed by atoms with Crippen LogP contribution in [-0.2, 0) is 10.2 Å². The Morgan fingerprint density at radius 3 is 2.71 bits per heavy atom. The molecular formula is C8H19N3O2S. The van der Waals surface area contributed by atoms with Crippen LogP contribution in [0.4, 0.5) is 0 Å². The fourth-order valence-corrected chi connectivity index (χ4v) is 2.96. The minimum absolute atomic E-state index is 0.0665. The van der Waals surface area contributed by atoms with E-state index < -0.39 is 10.2 Å². The molecule has 0 aromatic rings. The standard InChI is InChI=1S/C8H19N3O2S/c1-3-10-14(12,13)11-5-4-8(6-11)7(2)9/h7-8,10H,3-6,9H2,1-2H3. The van der Waals surface area contributed by atoms with Gasteiger partial charge in [0.2, 0.25) is 0 Å². The monoisotopic (exact) mass is 221 g/mol. The summed E-state index contributed by atoms with van der Waals surface area (Å²) in [5.41, 5.74) is 5.74. The molecule has 0 bridgehead atoms. The molecule has 0 saturated carbocycles. The second kappa shape index (κ2) is 4.57. The first-order valence-corrected chi connectivity index (χ1v) is 6.41. The molecule has 0 aromatic carbocycles.